The second kappa shape index (κ2) is 8.59. The molecule has 2 aliphatic heterocycles. The number of para-hydroxylation sites is 1. The van der Waals surface area contributed by atoms with Crippen molar-refractivity contribution < 1.29 is 18.0 Å². The fourth-order valence-electron chi connectivity index (χ4n) is 3.70. The Morgan fingerprint density at radius 1 is 1.07 bits per heavy atom. The Labute approximate surface area is 166 Å². The molecule has 0 bridgehead atoms. The van der Waals surface area contributed by atoms with E-state index in [1.807, 2.05) is 0 Å². The molecule has 0 radical (unpaired) electrons. The van der Waals surface area contributed by atoms with Crippen LogP contribution in [0.3, 0.4) is 0 Å². The third kappa shape index (κ3) is 4.37. The molecule has 1 aromatic carbocycles. The van der Waals surface area contributed by atoms with E-state index in [-0.39, 0.29) is 18.4 Å². The Bertz CT molecular complexity index is 834. The molecule has 2 fully saturated rings. The highest BCUT2D eigenvalue weighted by Gasteiger charge is 2.34. The van der Waals surface area contributed by atoms with Gasteiger partial charge >= 0.3 is 0 Å². The van der Waals surface area contributed by atoms with E-state index in [1.165, 1.54) is 18.4 Å². The summed E-state index contributed by atoms with van der Waals surface area (Å²) in [6.07, 6.45) is 3.24. The van der Waals surface area contributed by atoms with Gasteiger partial charge in [-0.25, -0.2) is 0 Å². The van der Waals surface area contributed by atoms with Gasteiger partial charge < -0.3 is 10.2 Å². The van der Waals surface area contributed by atoms with Crippen LogP contribution in [-0.4, -0.2) is 74.0 Å². The Balaban J connectivity index is 1.72. The first kappa shape index (κ1) is 20.8. The minimum atomic E-state index is -3.55. The second-order valence-corrected chi connectivity index (χ2v) is 9.66. The first-order chi connectivity index (χ1) is 13.3. The van der Waals surface area contributed by atoms with Gasteiger partial charge in [-0.15, -0.1) is 0 Å². The molecule has 0 saturated carbocycles. The maximum absolute atomic E-state index is 12.8. The summed E-state index contributed by atoms with van der Waals surface area (Å²) >= 11 is 0. The van der Waals surface area contributed by atoms with Crippen LogP contribution in [0.5, 0.6) is 0 Å². The predicted molar refractivity (Wildman–Crippen MR) is 107 cm³/mol. The summed E-state index contributed by atoms with van der Waals surface area (Å²) in [7, 11) is -0.575. The summed E-state index contributed by atoms with van der Waals surface area (Å²) in [5.74, 6) is -0.771. The van der Waals surface area contributed by atoms with E-state index in [1.54, 1.807) is 29.2 Å². The minimum Gasteiger partial charge on any atom is -0.339 e. The number of nitrogens with zero attached hydrogens (tertiary/aromatic N) is 3. The van der Waals surface area contributed by atoms with Gasteiger partial charge in [0.2, 0.25) is 5.91 Å². The number of piperidine rings is 1. The van der Waals surface area contributed by atoms with Crippen LogP contribution in [-0.2, 0) is 15.0 Å². The average molecular weight is 409 g/mol. The van der Waals surface area contributed by atoms with Crippen LogP contribution in [0.1, 0.15) is 36.0 Å². The van der Waals surface area contributed by atoms with E-state index in [2.05, 4.69) is 5.32 Å². The first-order valence-corrected chi connectivity index (χ1v) is 11.1. The highest BCUT2D eigenvalue weighted by atomic mass is 32.2. The van der Waals surface area contributed by atoms with Gasteiger partial charge in [0.25, 0.3) is 16.1 Å². The molecule has 0 aromatic heterocycles. The van der Waals surface area contributed by atoms with E-state index in [4.69, 9.17) is 0 Å². The molecule has 2 aliphatic rings. The lowest BCUT2D eigenvalue weighted by atomic mass is 9.98. The molecule has 2 amide bonds. The smallest absolute Gasteiger partial charge is 0.281 e. The third-order valence-corrected chi connectivity index (χ3v) is 7.26. The highest BCUT2D eigenvalue weighted by Crippen LogP contribution is 2.24. The van der Waals surface area contributed by atoms with Crippen LogP contribution < -0.4 is 5.32 Å². The largest absolute Gasteiger partial charge is 0.339 e. The van der Waals surface area contributed by atoms with Crippen molar-refractivity contribution in [1.29, 1.82) is 0 Å². The summed E-state index contributed by atoms with van der Waals surface area (Å²) in [5.41, 5.74) is 0.961. The molecule has 0 spiro atoms. The first-order valence-electron chi connectivity index (χ1n) is 9.67. The lowest BCUT2D eigenvalue weighted by Crippen LogP contribution is -2.47. The molecular weight excluding hydrogens is 380 g/mol. The van der Waals surface area contributed by atoms with Crippen LogP contribution in [0.25, 0.3) is 0 Å². The van der Waals surface area contributed by atoms with Gasteiger partial charge in [-0.2, -0.15) is 17.0 Å². The molecule has 3 rings (SSSR count). The summed E-state index contributed by atoms with van der Waals surface area (Å²) in [6, 6.07) is 7.00. The molecule has 9 heteroatoms. The Kier molecular flexibility index (Phi) is 6.36. The molecule has 8 nitrogen and oxygen atoms in total. The average Bonchev–Trinajstić information content (AvgIpc) is 3.22. The standard InChI is InChI=1S/C19H28N4O4S/c1-21(2)28(26,27)23-13-7-8-15(14-23)18(24)20-17-10-4-3-9-16(17)19(25)22-11-5-6-12-22/h3-4,9-10,15H,5-8,11-14H2,1-2H3,(H,20,24). The van der Waals surface area contributed by atoms with E-state index in [0.717, 1.165) is 30.2 Å². The van der Waals surface area contributed by atoms with Crippen molar-refractivity contribution >= 4 is 27.7 Å². The van der Waals surface area contributed by atoms with E-state index in [0.29, 0.717) is 30.6 Å². The van der Waals surface area contributed by atoms with E-state index in [9.17, 15) is 18.0 Å². The minimum absolute atomic E-state index is 0.0751. The van der Waals surface area contributed by atoms with Crippen molar-refractivity contribution in [3.05, 3.63) is 29.8 Å². The Hall–Kier alpha value is -1.97. The molecule has 0 aliphatic carbocycles. The number of carbonyl (C=O) groups excluding carboxylic acids is 2. The zero-order valence-corrected chi connectivity index (χ0v) is 17.2. The van der Waals surface area contributed by atoms with Crippen LogP contribution in [0.4, 0.5) is 5.69 Å². The number of nitrogens with one attached hydrogen (secondary N) is 1. The van der Waals surface area contributed by atoms with Crippen LogP contribution in [0.15, 0.2) is 24.3 Å². The highest BCUT2D eigenvalue weighted by molar-refractivity contribution is 7.86. The molecule has 2 saturated heterocycles. The van der Waals surface area contributed by atoms with Crippen LogP contribution >= 0.6 is 0 Å². The SMILES string of the molecule is CN(C)S(=O)(=O)N1CCCC(C(=O)Nc2ccccc2C(=O)N2CCCC2)C1. The van der Waals surface area contributed by atoms with Gasteiger partial charge in [0.15, 0.2) is 0 Å². The number of hydrogen-bond acceptors (Lipinski definition) is 4. The van der Waals surface area contributed by atoms with Gasteiger partial charge in [0.05, 0.1) is 17.2 Å². The van der Waals surface area contributed by atoms with E-state index >= 15 is 0 Å². The normalized spacial score (nSPS) is 21.1. The number of rotatable bonds is 5. The maximum Gasteiger partial charge on any atom is 0.281 e. The van der Waals surface area contributed by atoms with Gasteiger partial charge in [-0.3, -0.25) is 9.59 Å². The van der Waals surface area contributed by atoms with Crippen LogP contribution in [0.2, 0.25) is 0 Å². The Morgan fingerprint density at radius 3 is 2.43 bits per heavy atom. The predicted octanol–water partition coefficient (Wildman–Crippen LogP) is 1.38. The molecule has 1 N–H and O–H groups in total. The number of carbonyl (C=O) groups is 2. The lowest BCUT2D eigenvalue weighted by molar-refractivity contribution is -0.120. The molecule has 154 valence electrons. The monoisotopic (exact) mass is 408 g/mol. The number of anilines is 1. The van der Waals surface area contributed by atoms with Gasteiger partial charge in [-0.05, 0) is 37.8 Å². The zero-order valence-electron chi connectivity index (χ0n) is 16.4. The fourth-order valence-corrected chi connectivity index (χ4v) is 4.89. The van der Waals surface area contributed by atoms with Crippen LogP contribution in [0, 0.1) is 5.92 Å². The quantitative estimate of drug-likeness (QED) is 0.797. The fraction of sp³-hybridized carbons (Fsp3) is 0.579. The third-order valence-electron chi connectivity index (χ3n) is 5.35. The van der Waals surface area contributed by atoms with Gasteiger partial charge in [0.1, 0.15) is 0 Å². The summed E-state index contributed by atoms with van der Waals surface area (Å²) < 4.78 is 27.3. The van der Waals surface area contributed by atoms with Crippen molar-refractivity contribution in [2.24, 2.45) is 5.92 Å². The molecule has 1 unspecified atom stereocenters. The maximum atomic E-state index is 12.8. The summed E-state index contributed by atoms with van der Waals surface area (Å²) in [5, 5.41) is 2.86. The number of benzene rings is 1. The molecule has 28 heavy (non-hydrogen) atoms. The number of hydrogen-bond donors (Lipinski definition) is 1. The van der Waals surface area contributed by atoms with Crippen molar-refractivity contribution in [2.75, 3.05) is 45.6 Å². The number of amides is 2. The Morgan fingerprint density at radius 2 is 1.75 bits per heavy atom. The summed E-state index contributed by atoms with van der Waals surface area (Å²) in [4.78, 5) is 27.4. The molecule has 2 heterocycles. The van der Waals surface area contributed by atoms with Crippen molar-refractivity contribution in [3.63, 3.8) is 0 Å². The topological polar surface area (TPSA) is 90.0 Å². The van der Waals surface area contributed by atoms with Crippen molar-refractivity contribution in [3.8, 4) is 0 Å². The van der Waals surface area contributed by atoms with Gasteiger partial charge in [-0.1, -0.05) is 12.1 Å². The lowest BCUT2D eigenvalue weighted by Gasteiger charge is -2.32. The van der Waals surface area contributed by atoms with Crippen molar-refractivity contribution in [1.82, 2.24) is 13.5 Å². The van der Waals surface area contributed by atoms with E-state index < -0.39 is 16.1 Å². The molecule has 1 atom stereocenters. The van der Waals surface area contributed by atoms with Gasteiger partial charge in [0, 0.05) is 40.3 Å². The summed E-state index contributed by atoms with van der Waals surface area (Å²) in [6.45, 7) is 2.03. The number of likely N-dealkylation sites (tertiary alicyclic amines) is 1. The zero-order chi connectivity index (χ0) is 20.3. The second-order valence-electron chi connectivity index (χ2n) is 7.52. The molecule has 1 aromatic rings. The molecular formula is C19H28N4O4S. The van der Waals surface area contributed by atoms with Crippen molar-refractivity contribution in [2.45, 2.75) is 25.7 Å².